The quantitative estimate of drug-likeness (QED) is 0.173. The zero-order valence-corrected chi connectivity index (χ0v) is 29.8. The summed E-state index contributed by atoms with van der Waals surface area (Å²) < 4.78 is 12.7. The van der Waals surface area contributed by atoms with E-state index in [0.29, 0.717) is 0 Å². The molecule has 11 aromatic rings. The van der Waals surface area contributed by atoms with Crippen LogP contribution < -0.4 is 4.90 Å². The first kappa shape index (κ1) is 31.2. The number of furan rings is 2. The fourth-order valence-electron chi connectivity index (χ4n) is 8.14. The lowest BCUT2D eigenvalue weighted by Gasteiger charge is -2.29. The first-order chi connectivity index (χ1) is 27.2. The number of hydrogen-bond acceptors (Lipinski definition) is 3. The van der Waals surface area contributed by atoms with Crippen molar-refractivity contribution < 1.29 is 8.83 Å². The van der Waals surface area contributed by atoms with E-state index in [1.54, 1.807) is 0 Å². The summed E-state index contributed by atoms with van der Waals surface area (Å²) in [6.45, 7) is 0. The average molecular weight is 704 g/mol. The van der Waals surface area contributed by atoms with E-state index in [9.17, 15) is 0 Å². The van der Waals surface area contributed by atoms with Crippen LogP contribution >= 0.6 is 0 Å². The molecule has 2 aromatic heterocycles. The van der Waals surface area contributed by atoms with Crippen LogP contribution in [-0.2, 0) is 0 Å². The summed E-state index contributed by atoms with van der Waals surface area (Å²) in [4.78, 5) is 2.38. The maximum Gasteiger partial charge on any atom is 0.137 e. The monoisotopic (exact) mass is 703 g/mol. The Balaban J connectivity index is 1.14. The van der Waals surface area contributed by atoms with Gasteiger partial charge in [0.25, 0.3) is 0 Å². The average Bonchev–Trinajstić information content (AvgIpc) is 3.82. The largest absolute Gasteiger partial charge is 0.456 e. The van der Waals surface area contributed by atoms with Gasteiger partial charge in [-0.15, -0.1) is 0 Å². The number of rotatable bonds is 6. The van der Waals surface area contributed by atoms with Crippen LogP contribution in [0.2, 0.25) is 0 Å². The van der Waals surface area contributed by atoms with Crippen LogP contribution in [0.15, 0.2) is 209 Å². The maximum atomic E-state index is 6.49. The highest BCUT2D eigenvalue weighted by Gasteiger charge is 2.21. The number of fused-ring (bicyclic) bond motifs is 7. The Bertz CT molecular complexity index is 3220. The molecular weight excluding hydrogens is 671 g/mol. The summed E-state index contributed by atoms with van der Waals surface area (Å²) in [7, 11) is 0. The van der Waals surface area contributed by atoms with Gasteiger partial charge in [0.2, 0.25) is 0 Å². The Morgan fingerprint density at radius 2 is 0.873 bits per heavy atom. The normalized spacial score (nSPS) is 11.6. The molecule has 0 atom stereocenters. The Labute approximate surface area is 317 Å². The van der Waals surface area contributed by atoms with Crippen molar-refractivity contribution in [3.63, 3.8) is 0 Å². The SMILES string of the molecule is c1ccc(-c2ccc(-c3ccc4ccccc4c3)cc2N(c2cccc(-c3ccc4oc5ccccc5c4c3)c2)c2ccc3c(c2)oc2ccccc23)cc1. The van der Waals surface area contributed by atoms with E-state index in [0.717, 1.165) is 88.8 Å². The molecule has 0 unspecified atom stereocenters. The molecule has 0 bridgehead atoms. The van der Waals surface area contributed by atoms with Crippen molar-refractivity contribution in [3.05, 3.63) is 200 Å². The first-order valence-electron chi connectivity index (χ1n) is 18.7. The van der Waals surface area contributed by atoms with Gasteiger partial charge in [-0.05, 0) is 99.3 Å². The fraction of sp³-hybridized carbons (Fsp3) is 0. The summed E-state index contributed by atoms with van der Waals surface area (Å²) in [6.07, 6.45) is 0. The Kier molecular flexibility index (Phi) is 7.17. The van der Waals surface area contributed by atoms with Crippen LogP contribution in [-0.4, -0.2) is 0 Å². The highest BCUT2D eigenvalue weighted by Crippen LogP contribution is 2.45. The van der Waals surface area contributed by atoms with Crippen molar-refractivity contribution >= 4 is 71.7 Å². The smallest absolute Gasteiger partial charge is 0.137 e. The van der Waals surface area contributed by atoms with Gasteiger partial charge in [-0.1, -0.05) is 133 Å². The lowest BCUT2D eigenvalue weighted by atomic mass is 9.95. The van der Waals surface area contributed by atoms with Gasteiger partial charge >= 0.3 is 0 Å². The molecule has 258 valence electrons. The van der Waals surface area contributed by atoms with Crippen LogP contribution in [0, 0.1) is 0 Å². The van der Waals surface area contributed by atoms with Gasteiger partial charge < -0.3 is 13.7 Å². The molecule has 9 aromatic carbocycles. The van der Waals surface area contributed by atoms with Crippen molar-refractivity contribution in [3.8, 4) is 33.4 Å². The van der Waals surface area contributed by atoms with Gasteiger partial charge in [-0.2, -0.15) is 0 Å². The molecule has 11 rings (SSSR count). The number of para-hydroxylation sites is 2. The molecule has 0 N–H and O–H groups in total. The lowest BCUT2D eigenvalue weighted by molar-refractivity contribution is 0.668. The molecule has 0 aliphatic carbocycles. The minimum Gasteiger partial charge on any atom is -0.456 e. The van der Waals surface area contributed by atoms with E-state index < -0.39 is 0 Å². The van der Waals surface area contributed by atoms with Crippen LogP contribution in [0.1, 0.15) is 0 Å². The molecule has 0 fully saturated rings. The molecule has 0 spiro atoms. The zero-order valence-electron chi connectivity index (χ0n) is 29.8. The molecule has 0 saturated carbocycles. The van der Waals surface area contributed by atoms with Gasteiger partial charge in [-0.3, -0.25) is 0 Å². The van der Waals surface area contributed by atoms with E-state index in [1.807, 2.05) is 24.3 Å². The minimum absolute atomic E-state index is 0.851. The van der Waals surface area contributed by atoms with Crippen molar-refractivity contribution in [2.24, 2.45) is 0 Å². The number of nitrogens with zero attached hydrogens (tertiary/aromatic N) is 1. The molecule has 2 heterocycles. The van der Waals surface area contributed by atoms with E-state index in [4.69, 9.17) is 8.83 Å². The highest BCUT2D eigenvalue weighted by molar-refractivity contribution is 6.08. The second-order valence-electron chi connectivity index (χ2n) is 14.1. The highest BCUT2D eigenvalue weighted by atomic mass is 16.3. The van der Waals surface area contributed by atoms with E-state index in [1.165, 1.54) is 16.3 Å². The molecule has 55 heavy (non-hydrogen) atoms. The molecule has 3 heteroatoms. The maximum absolute atomic E-state index is 6.49. The summed E-state index contributed by atoms with van der Waals surface area (Å²) in [5.41, 5.74) is 13.5. The molecule has 3 nitrogen and oxygen atoms in total. The minimum atomic E-state index is 0.851. The van der Waals surface area contributed by atoms with E-state index >= 15 is 0 Å². The summed E-state index contributed by atoms with van der Waals surface area (Å²) >= 11 is 0. The summed E-state index contributed by atoms with van der Waals surface area (Å²) in [5, 5.41) is 6.89. The number of hydrogen-bond donors (Lipinski definition) is 0. The van der Waals surface area contributed by atoms with Crippen LogP contribution in [0.4, 0.5) is 17.1 Å². The van der Waals surface area contributed by atoms with Gasteiger partial charge in [0, 0.05) is 44.5 Å². The van der Waals surface area contributed by atoms with E-state index in [-0.39, 0.29) is 0 Å². The Morgan fingerprint density at radius 3 is 1.73 bits per heavy atom. The number of benzene rings is 9. The molecular formula is C52H33NO2. The van der Waals surface area contributed by atoms with Gasteiger partial charge in [0.1, 0.15) is 22.3 Å². The molecule has 0 saturated heterocycles. The van der Waals surface area contributed by atoms with Crippen LogP contribution in [0.25, 0.3) is 88.0 Å². The van der Waals surface area contributed by atoms with Gasteiger partial charge in [-0.25, -0.2) is 0 Å². The third-order valence-corrected chi connectivity index (χ3v) is 10.8. The first-order valence-corrected chi connectivity index (χ1v) is 18.7. The van der Waals surface area contributed by atoms with Gasteiger partial charge in [0.15, 0.2) is 0 Å². The second-order valence-corrected chi connectivity index (χ2v) is 14.1. The molecule has 0 aliphatic heterocycles. The molecule has 0 amide bonds. The fourth-order valence-corrected chi connectivity index (χ4v) is 8.14. The van der Waals surface area contributed by atoms with E-state index in [2.05, 4.69) is 181 Å². The van der Waals surface area contributed by atoms with Crippen molar-refractivity contribution in [1.82, 2.24) is 0 Å². The third-order valence-electron chi connectivity index (χ3n) is 10.8. The Morgan fingerprint density at radius 1 is 0.291 bits per heavy atom. The Hall–Kier alpha value is -7.36. The predicted octanol–water partition coefficient (Wildman–Crippen LogP) is 15.1. The number of anilines is 3. The topological polar surface area (TPSA) is 29.5 Å². The standard InChI is InChI=1S/C52H33NO2/c1-2-12-35(13-3-1)43-26-23-40(38-22-21-34-11-4-5-14-36(34)29-38)32-48(43)53(42-25-27-46-44-17-6-8-19-49(44)55-52(46)33-42)41-16-10-15-37(30-41)39-24-28-51-47(31-39)45-18-7-9-20-50(45)54-51/h1-33H. The summed E-state index contributed by atoms with van der Waals surface area (Å²) in [6, 6.07) is 71.2. The van der Waals surface area contributed by atoms with Crippen molar-refractivity contribution in [2.75, 3.05) is 4.90 Å². The second kappa shape index (κ2) is 12.6. The summed E-state index contributed by atoms with van der Waals surface area (Å²) in [5.74, 6) is 0. The van der Waals surface area contributed by atoms with Crippen LogP contribution in [0.3, 0.4) is 0 Å². The molecule has 0 radical (unpaired) electrons. The lowest BCUT2D eigenvalue weighted by Crippen LogP contribution is -2.11. The third kappa shape index (κ3) is 5.36. The zero-order chi connectivity index (χ0) is 36.3. The van der Waals surface area contributed by atoms with Crippen molar-refractivity contribution in [2.45, 2.75) is 0 Å². The van der Waals surface area contributed by atoms with Gasteiger partial charge in [0.05, 0.1) is 5.69 Å². The molecule has 0 aliphatic rings. The van der Waals surface area contributed by atoms with Crippen molar-refractivity contribution in [1.29, 1.82) is 0 Å². The predicted molar refractivity (Wildman–Crippen MR) is 229 cm³/mol. The van der Waals surface area contributed by atoms with Crippen LogP contribution in [0.5, 0.6) is 0 Å².